The van der Waals surface area contributed by atoms with Gasteiger partial charge in [-0.3, -0.25) is 9.78 Å². The number of aliphatic hydroxyl groups excluding tert-OH is 1. The molecule has 6 heteroatoms. The maximum Gasteiger partial charge on any atom is 0.309 e. The molecule has 1 N–H and O–H groups in total. The van der Waals surface area contributed by atoms with Crippen LogP contribution in [0.5, 0.6) is 0 Å². The second-order valence-electron chi connectivity index (χ2n) is 9.46. The number of aromatic nitrogens is 1. The Hall–Kier alpha value is -1.88. The van der Waals surface area contributed by atoms with E-state index < -0.39 is 0 Å². The van der Waals surface area contributed by atoms with E-state index in [2.05, 4.69) is 17.1 Å². The van der Waals surface area contributed by atoms with Crippen molar-refractivity contribution in [1.82, 2.24) is 4.98 Å². The van der Waals surface area contributed by atoms with Crippen LogP contribution in [-0.4, -0.2) is 28.3 Å². The van der Waals surface area contributed by atoms with Crippen molar-refractivity contribution in [1.29, 1.82) is 0 Å². The Morgan fingerprint density at radius 2 is 2.00 bits per heavy atom. The van der Waals surface area contributed by atoms with E-state index in [0.29, 0.717) is 21.9 Å². The second-order valence-corrected chi connectivity index (χ2v) is 10.2. The number of pyridine rings is 1. The lowest BCUT2D eigenvalue weighted by molar-refractivity contribution is -0.144. The Bertz CT molecular complexity index is 1040. The minimum atomic E-state index is -0.250. The molecule has 2 heterocycles. The SMILES string of the molecule is C[C@H]1OC(=O)[C@@H]2C[C@@H]3C[C@H](O)CC[C@H]3[C@H](/C=C/c3ccc(-c4cccc(Cl)c4Cl)cn3)[C@H]12. The van der Waals surface area contributed by atoms with Gasteiger partial charge in [-0.1, -0.05) is 47.5 Å². The fourth-order valence-corrected chi connectivity index (χ4v) is 6.60. The van der Waals surface area contributed by atoms with Crippen LogP contribution < -0.4 is 0 Å². The molecule has 3 fully saturated rings. The maximum atomic E-state index is 12.5. The number of aliphatic hydroxyl groups is 1. The smallest absolute Gasteiger partial charge is 0.309 e. The summed E-state index contributed by atoms with van der Waals surface area (Å²) in [5.41, 5.74) is 2.63. The van der Waals surface area contributed by atoms with E-state index in [0.717, 1.165) is 42.5 Å². The number of carbonyl (C=O) groups excluding carboxylic acids is 1. The molecular formula is C26H27Cl2NO3. The molecule has 0 radical (unpaired) electrons. The molecule has 2 aromatic rings. The van der Waals surface area contributed by atoms with Gasteiger partial charge in [0, 0.05) is 23.2 Å². The number of ether oxygens (including phenoxy) is 1. The Kier molecular flexibility index (Phi) is 6.04. The summed E-state index contributed by atoms with van der Waals surface area (Å²) in [6, 6.07) is 9.55. The molecule has 1 aliphatic heterocycles. The van der Waals surface area contributed by atoms with Gasteiger partial charge in [-0.25, -0.2) is 0 Å². The summed E-state index contributed by atoms with van der Waals surface area (Å²) in [4.78, 5) is 17.1. The standard InChI is InChI=1S/C26H27Cl2NO3/c1-14-24-21(19-10-8-18(30)11-16(19)12-22(24)26(31)32-14)9-7-17-6-5-15(13-29-17)20-3-2-4-23(27)25(20)28/h2-7,9,13-14,16,18-19,21-22,24,30H,8,10-12H2,1H3/b9-7+/t14-,16+,18-,19-,21+,22-,24+/m1/s1. The van der Waals surface area contributed by atoms with E-state index in [1.807, 2.05) is 37.4 Å². The molecule has 32 heavy (non-hydrogen) atoms. The third-order valence-electron chi connectivity index (χ3n) is 7.66. The third kappa shape index (κ3) is 3.98. The summed E-state index contributed by atoms with van der Waals surface area (Å²) in [6.45, 7) is 2.02. The highest BCUT2D eigenvalue weighted by atomic mass is 35.5. The van der Waals surface area contributed by atoms with Gasteiger partial charge >= 0.3 is 5.97 Å². The zero-order valence-corrected chi connectivity index (χ0v) is 19.5. The normalized spacial score (nSPS) is 34.2. The molecule has 1 aromatic carbocycles. The van der Waals surface area contributed by atoms with Gasteiger partial charge < -0.3 is 9.84 Å². The summed E-state index contributed by atoms with van der Waals surface area (Å²) >= 11 is 12.5. The van der Waals surface area contributed by atoms with Crippen molar-refractivity contribution in [2.24, 2.45) is 29.6 Å². The van der Waals surface area contributed by atoms with Crippen molar-refractivity contribution in [2.45, 2.75) is 44.8 Å². The third-order valence-corrected chi connectivity index (χ3v) is 8.48. The Labute approximate surface area is 198 Å². The summed E-state index contributed by atoms with van der Waals surface area (Å²) in [7, 11) is 0. The zero-order valence-electron chi connectivity index (χ0n) is 18.0. The predicted octanol–water partition coefficient (Wildman–Crippen LogP) is 6.04. The van der Waals surface area contributed by atoms with Gasteiger partial charge in [0.1, 0.15) is 6.10 Å². The molecule has 0 bridgehead atoms. The largest absolute Gasteiger partial charge is 0.462 e. The number of fused-ring (bicyclic) bond motifs is 2. The predicted molar refractivity (Wildman–Crippen MR) is 126 cm³/mol. The second kappa shape index (κ2) is 8.81. The highest BCUT2D eigenvalue weighted by molar-refractivity contribution is 6.43. The minimum absolute atomic E-state index is 0.0634. The molecule has 1 saturated heterocycles. The zero-order chi connectivity index (χ0) is 22.4. The number of hydrogen-bond donors (Lipinski definition) is 1. The molecular weight excluding hydrogens is 445 g/mol. The number of hydrogen-bond acceptors (Lipinski definition) is 4. The molecule has 4 nitrogen and oxygen atoms in total. The van der Waals surface area contributed by atoms with Crippen LogP contribution in [0.3, 0.4) is 0 Å². The first kappa shape index (κ1) is 21.9. The maximum absolute atomic E-state index is 12.5. The van der Waals surface area contributed by atoms with Gasteiger partial charge in [0.05, 0.1) is 27.8 Å². The monoisotopic (exact) mass is 471 g/mol. The van der Waals surface area contributed by atoms with Gasteiger partial charge in [0.15, 0.2) is 0 Å². The first-order valence-corrected chi connectivity index (χ1v) is 12.1. The van der Waals surface area contributed by atoms with E-state index in [4.69, 9.17) is 27.9 Å². The molecule has 2 saturated carbocycles. The first-order chi connectivity index (χ1) is 15.4. The highest BCUT2D eigenvalue weighted by Crippen LogP contribution is 2.53. The quantitative estimate of drug-likeness (QED) is 0.553. The summed E-state index contributed by atoms with van der Waals surface area (Å²) in [5.74, 6) is 1.15. The topological polar surface area (TPSA) is 59.4 Å². The lowest BCUT2D eigenvalue weighted by atomic mass is 9.57. The van der Waals surface area contributed by atoms with E-state index in [-0.39, 0.29) is 35.9 Å². The van der Waals surface area contributed by atoms with Crippen molar-refractivity contribution < 1.29 is 14.6 Å². The summed E-state index contributed by atoms with van der Waals surface area (Å²) < 4.78 is 5.63. The van der Waals surface area contributed by atoms with Crippen molar-refractivity contribution in [2.75, 3.05) is 0 Å². The molecule has 0 spiro atoms. The van der Waals surface area contributed by atoms with Gasteiger partial charge in [-0.2, -0.15) is 0 Å². The van der Waals surface area contributed by atoms with Crippen molar-refractivity contribution in [3.63, 3.8) is 0 Å². The van der Waals surface area contributed by atoms with Crippen LogP contribution in [0.1, 0.15) is 38.3 Å². The van der Waals surface area contributed by atoms with E-state index >= 15 is 0 Å². The minimum Gasteiger partial charge on any atom is -0.462 e. The van der Waals surface area contributed by atoms with E-state index in [1.54, 1.807) is 6.07 Å². The number of cyclic esters (lactones) is 1. The van der Waals surface area contributed by atoms with Crippen molar-refractivity contribution >= 4 is 35.2 Å². The van der Waals surface area contributed by atoms with Crippen LogP contribution in [-0.2, 0) is 9.53 Å². The van der Waals surface area contributed by atoms with Crippen molar-refractivity contribution in [3.8, 4) is 11.1 Å². The average Bonchev–Trinajstić information content (AvgIpc) is 3.06. The number of carbonyl (C=O) groups is 1. The van der Waals surface area contributed by atoms with Gasteiger partial charge in [-0.05, 0) is 68.6 Å². The average molecular weight is 472 g/mol. The lowest BCUT2D eigenvalue weighted by Gasteiger charge is -2.46. The van der Waals surface area contributed by atoms with Crippen LogP contribution in [0, 0.1) is 29.6 Å². The fraction of sp³-hybridized carbons (Fsp3) is 0.462. The van der Waals surface area contributed by atoms with Gasteiger partial charge in [-0.15, -0.1) is 0 Å². The van der Waals surface area contributed by atoms with E-state index in [1.165, 1.54) is 0 Å². The van der Waals surface area contributed by atoms with Crippen LogP contribution in [0.25, 0.3) is 17.2 Å². The molecule has 2 aliphatic carbocycles. The Balaban J connectivity index is 1.40. The van der Waals surface area contributed by atoms with Crippen LogP contribution in [0.2, 0.25) is 10.0 Å². The first-order valence-electron chi connectivity index (χ1n) is 11.4. The summed E-state index contributed by atoms with van der Waals surface area (Å²) in [6.07, 6.45) is 9.23. The van der Waals surface area contributed by atoms with Crippen LogP contribution >= 0.6 is 23.2 Å². The number of halogens is 2. The fourth-order valence-electron chi connectivity index (χ4n) is 6.19. The molecule has 0 amide bonds. The molecule has 1 aromatic heterocycles. The van der Waals surface area contributed by atoms with Gasteiger partial charge in [0.25, 0.3) is 0 Å². The Morgan fingerprint density at radius 1 is 1.16 bits per heavy atom. The van der Waals surface area contributed by atoms with Gasteiger partial charge in [0.2, 0.25) is 0 Å². The number of nitrogens with zero attached hydrogens (tertiary/aromatic N) is 1. The van der Waals surface area contributed by atoms with E-state index in [9.17, 15) is 9.90 Å². The molecule has 3 aliphatic rings. The molecule has 0 unspecified atom stereocenters. The molecule has 168 valence electrons. The summed E-state index contributed by atoms with van der Waals surface area (Å²) in [5, 5.41) is 11.2. The van der Waals surface area contributed by atoms with Crippen molar-refractivity contribution in [3.05, 3.63) is 58.3 Å². The number of allylic oxidation sites excluding steroid dienone is 1. The number of benzene rings is 1. The lowest BCUT2D eigenvalue weighted by Crippen LogP contribution is -2.44. The Morgan fingerprint density at radius 3 is 2.78 bits per heavy atom. The number of rotatable bonds is 3. The molecule has 5 rings (SSSR count). The molecule has 7 atom stereocenters. The number of esters is 1. The highest BCUT2D eigenvalue weighted by Gasteiger charge is 2.54. The van der Waals surface area contributed by atoms with Crippen LogP contribution in [0.15, 0.2) is 42.6 Å². The van der Waals surface area contributed by atoms with Crippen LogP contribution in [0.4, 0.5) is 0 Å².